The first kappa shape index (κ1) is 18.7. The fourth-order valence-corrected chi connectivity index (χ4v) is 4.25. The Labute approximate surface area is 164 Å². The van der Waals surface area contributed by atoms with Crippen LogP contribution in [0.15, 0.2) is 41.5 Å². The summed E-state index contributed by atoms with van der Waals surface area (Å²) in [6, 6.07) is 7.97. The number of amides is 1. The highest BCUT2D eigenvalue weighted by molar-refractivity contribution is 5.76. The Hall–Kier alpha value is -2.67. The van der Waals surface area contributed by atoms with Crippen LogP contribution in [-0.4, -0.2) is 50.4 Å². The van der Waals surface area contributed by atoms with Crippen molar-refractivity contribution in [2.45, 2.75) is 45.2 Å². The molecule has 1 aliphatic heterocycles. The van der Waals surface area contributed by atoms with E-state index in [1.165, 1.54) is 6.42 Å². The lowest BCUT2D eigenvalue weighted by Crippen LogP contribution is -2.40. The number of aryl methyl sites for hydroxylation is 1. The number of pyridine rings is 1. The highest BCUT2D eigenvalue weighted by Crippen LogP contribution is 2.16. The largest absolute Gasteiger partial charge is 0.355 e. The molecule has 1 fully saturated rings. The minimum absolute atomic E-state index is 0.0528. The lowest BCUT2D eigenvalue weighted by molar-refractivity contribution is -0.121. The molecule has 0 aliphatic carbocycles. The third-order valence-electron chi connectivity index (χ3n) is 5.72. The van der Waals surface area contributed by atoms with Crippen LogP contribution >= 0.6 is 0 Å². The monoisotopic (exact) mass is 381 g/mol. The topological polar surface area (TPSA) is 71.6 Å². The number of carbonyl (C=O) groups is 1. The van der Waals surface area contributed by atoms with Crippen molar-refractivity contribution in [3.8, 4) is 0 Å². The van der Waals surface area contributed by atoms with Gasteiger partial charge in [-0.05, 0) is 56.6 Å². The van der Waals surface area contributed by atoms with E-state index < -0.39 is 0 Å². The summed E-state index contributed by atoms with van der Waals surface area (Å²) < 4.78 is 3.56. The van der Waals surface area contributed by atoms with E-state index in [9.17, 15) is 9.59 Å². The van der Waals surface area contributed by atoms with E-state index in [0.717, 1.165) is 25.0 Å². The molecule has 0 saturated carbocycles. The van der Waals surface area contributed by atoms with Gasteiger partial charge in [0.2, 0.25) is 5.91 Å². The average molecular weight is 381 g/mol. The summed E-state index contributed by atoms with van der Waals surface area (Å²) in [6.07, 6.45) is 6.95. The van der Waals surface area contributed by atoms with Crippen LogP contribution in [0, 0.1) is 0 Å². The number of hydrogen-bond acceptors (Lipinski definition) is 4. The maximum atomic E-state index is 12.8. The maximum absolute atomic E-state index is 12.8. The zero-order chi connectivity index (χ0) is 19.5. The van der Waals surface area contributed by atoms with E-state index in [4.69, 9.17) is 0 Å². The molecule has 1 aliphatic rings. The highest BCUT2D eigenvalue weighted by Gasteiger charge is 2.23. The number of aromatic nitrogens is 3. The van der Waals surface area contributed by atoms with Crippen LogP contribution in [0.2, 0.25) is 0 Å². The molecule has 148 valence electrons. The first-order valence-electron chi connectivity index (χ1n) is 10.1. The van der Waals surface area contributed by atoms with Crippen molar-refractivity contribution in [3.05, 3.63) is 47.0 Å². The van der Waals surface area contributed by atoms with Crippen molar-refractivity contribution in [3.63, 3.8) is 0 Å². The normalized spacial score (nSPS) is 17.5. The zero-order valence-corrected chi connectivity index (χ0v) is 16.3. The molecule has 1 N–H and O–H groups in total. The molecule has 7 nitrogen and oxygen atoms in total. The van der Waals surface area contributed by atoms with Gasteiger partial charge in [-0.2, -0.15) is 0 Å². The van der Waals surface area contributed by atoms with Crippen LogP contribution < -0.4 is 10.9 Å². The average Bonchev–Trinajstić information content (AvgIpc) is 3.38. The SMILES string of the molecule is CCN1CCCC1CNC(=O)CCCn1c(=O)c2cccn2c2cccnc21. The number of carbonyl (C=O) groups excluding carboxylic acids is 1. The van der Waals surface area contributed by atoms with Crippen molar-refractivity contribution >= 4 is 22.6 Å². The second-order valence-corrected chi connectivity index (χ2v) is 7.40. The first-order chi connectivity index (χ1) is 13.7. The molecule has 28 heavy (non-hydrogen) atoms. The molecule has 0 bridgehead atoms. The molecule has 3 aromatic heterocycles. The van der Waals surface area contributed by atoms with Crippen LogP contribution in [0.25, 0.3) is 16.7 Å². The molecular formula is C21H27N5O2. The smallest absolute Gasteiger partial charge is 0.276 e. The first-order valence-corrected chi connectivity index (χ1v) is 10.1. The summed E-state index contributed by atoms with van der Waals surface area (Å²) in [5.74, 6) is 0.0528. The lowest BCUT2D eigenvalue weighted by Gasteiger charge is -2.22. The zero-order valence-electron chi connectivity index (χ0n) is 16.3. The van der Waals surface area contributed by atoms with Crippen molar-refractivity contribution in [2.24, 2.45) is 0 Å². The Morgan fingerprint density at radius 2 is 2.14 bits per heavy atom. The second kappa shape index (κ2) is 8.14. The molecular weight excluding hydrogens is 354 g/mol. The van der Waals surface area contributed by atoms with E-state index in [1.807, 2.05) is 34.9 Å². The molecule has 4 rings (SSSR count). The molecule has 1 amide bonds. The molecule has 1 atom stereocenters. The molecule has 1 unspecified atom stereocenters. The summed E-state index contributed by atoms with van der Waals surface area (Å²) >= 11 is 0. The number of rotatable bonds is 7. The van der Waals surface area contributed by atoms with Gasteiger partial charge in [-0.1, -0.05) is 6.92 Å². The van der Waals surface area contributed by atoms with Gasteiger partial charge >= 0.3 is 0 Å². The quantitative estimate of drug-likeness (QED) is 0.680. The van der Waals surface area contributed by atoms with Gasteiger partial charge in [0.05, 0.1) is 5.52 Å². The van der Waals surface area contributed by atoms with Crippen molar-refractivity contribution in [2.75, 3.05) is 19.6 Å². The number of likely N-dealkylation sites (tertiary alicyclic amines) is 1. The van der Waals surface area contributed by atoms with Gasteiger partial charge in [0.1, 0.15) is 5.52 Å². The number of nitrogens with zero attached hydrogens (tertiary/aromatic N) is 4. The van der Waals surface area contributed by atoms with Crippen molar-refractivity contribution in [1.29, 1.82) is 0 Å². The highest BCUT2D eigenvalue weighted by atomic mass is 16.1. The van der Waals surface area contributed by atoms with Crippen LogP contribution in [0.4, 0.5) is 0 Å². The molecule has 3 aromatic rings. The standard InChI is InChI=1S/C21H27N5O2/c1-2-24-12-4-7-16(24)15-23-19(27)10-6-14-26-20-17(8-3-11-22-20)25-13-5-9-18(25)21(26)28/h3,5,8-9,11,13,16H,2,4,6-7,10,12,14-15H2,1H3,(H,23,27). The van der Waals surface area contributed by atoms with E-state index in [0.29, 0.717) is 43.1 Å². The minimum Gasteiger partial charge on any atom is -0.355 e. The molecule has 4 heterocycles. The second-order valence-electron chi connectivity index (χ2n) is 7.40. The van der Waals surface area contributed by atoms with Gasteiger partial charge in [-0.25, -0.2) is 4.98 Å². The Bertz CT molecular complexity index is 1040. The van der Waals surface area contributed by atoms with Crippen molar-refractivity contribution in [1.82, 2.24) is 24.2 Å². The lowest BCUT2D eigenvalue weighted by atomic mass is 10.2. The minimum atomic E-state index is -0.0684. The predicted molar refractivity (Wildman–Crippen MR) is 109 cm³/mol. The fraction of sp³-hybridized carbons (Fsp3) is 0.476. The number of nitrogens with one attached hydrogen (secondary N) is 1. The summed E-state index contributed by atoms with van der Waals surface area (Å²) in [6.45, 7) is 5.52. The van der Waals surface area contributed by atoms with Gasteiger partial charge in [0.15, 0.2) is 5.65 Å². The molecule has 0 radical (unpaired) electrons. The van der Waals surface area contributed by atoms with E-state index >= 15 is 0 Å². The number of fused-ring (bicyclic) bond motifs is 3. The molecule has 1 saturated heterocycles. The number of likely N-dealkylation sites (N-methyl/N-ethyl adjacent to an activating group) is 1. The maximum Gasteiger partial charge on any atom is 0.276 e. The van der Waals surface area contributed by atoms with Crippen LogP contribution in [0.1, 0.15) is 32.6 Å². The molecule has 7 heteroatoms. The fourth-order valence-electron chi connectivity index (χ4n) is 4.25. The predicted octanol–water partition coefficient (Wildman–Crippen LogP) is 2.03. The third kappa shape index (κ3) is 3.54. The Morgan fingerprint density at radius 3 is 3.00 bits per heavy atom. The molecule has 0 aromatic carbocycles. The van der Waals surface area contributed by atoms with Gasteiger partial charge < -0.3 is 9.72 Å². The summed E-state index contributed by atoms with van der Waals surface area (Å²) in [7, 11) is 0. The third-order valence-corrected chi connectivity index (χ3v) is 5.72. The van der Waals surface area contributed by atoms with Crippen LogP contribution in [0.5, 0.6) is 0 Å². The number of hydrogen-bond donors (Lipinski definition) is 1. The van der Waals surface area contributed by atoms with Gasteiger partial charge in [-0.3, -0.25) is 19.1 Å². The van der Waals surface area contributed by atoms with Gasteiger partial charge in [0.25, 0.3) is 5.56 Å². The van der Waals surface area contributed by atoms with E-state index in [-0.39, 0.29) is 11.5 Å². The van der Waals surface area contributed by atoms with Crippen LogP contribution in [0.3, 0.4) is 0 Å². The summed E-state index contributed by atoms with van der Waals surface area (Å²) in [5.41, 5.74) is 2.11. The summed E-state index contributed by atoms with van der Waals surface area (Å²) in [5, 5.41) is 3.06. The Morgan fingerprint density at radius 1 is 1.29 bits per heavy atom. The van der Waals surface area contributed by atoms with Gasteiger partial charge in [0, 0.05) is 37.9 Å². The Kier molecular flexibility index (Phi) is 5.43. The Balaban J connectivity index is 1.41. The van der Waals surface area contributed by atoms with E-state index in [1.54, 1.807) is 10.8 Å². The van der Waals surface area contributed by atoms with E-state index in [2.05, 4.69) is 22.1 Å². The summed E-state index contributed by atoms with van der Waals surface area (Å²) in [4.78, 5) is 31.9. The van der Waals surface area contributed by atoms with Crippen LogP contribution in [-0.2, 0) is 11.3 Å². The van der Waals surface area contributed by atoms with Crippen molar-refractivity contribution < 1.29 is 4.79 Å². The van der Waals surface area contributed by atoms with Gasteiger partial charge in [-0.15, -0.1) is 0 Å². The molecule has 0 spiro atoms.